The summed E-state index contributed by atoms with van der Waals surface area (Å²) in [7, 11) is 0. The number of ether oxygens (including phenoxy) is 5. The van der Waals surface area contributed by atoms with Crippen LogP contribution in [-0.2, 0) is 28.5 Å². The molecule has 49 heavy (non-hydrogen) atoms. The lowest BCUT2D eigenvalue weighted by molar-refractivity contribution is -0.360. The Hall–Kier alpha value is -1.27. The maximum Gasteiger partial charge on any atom is 0.331 e. The summed E-state index contributed by atoms with van der Waals surface area (Å²) < 4.78 is 28.7. The summed E-state index contributed by atoms with van der Waals surface area (Å²) in [5.74, 6) is 0.119. The molecular weight excluding hydrogens is 644 g/mol. The molecule has 0 bridgehead atoms. The lowest BCUT2D eigenvalue weighted by Crippen LogP contribution is -2.66. The van der Waals surface area contributed by atoms with Gasteiger partial charge in [0.15, 0.2) is 12.6 Å². The predicted molar refractivity (Wildman–Crippen MR) is 167 cm³/mol. The SMILES string of the molecule is C[C@H]1O[C@@H](O[C@H]2CC[C@@]3(C)[C@@H](CC[C@@H]4[C@@H]3CC[C@]3(C)[C@](O)(C5=CC(=O)OC5)CC[C@]43O)C2)[C@H](O)[C@H](O)[C@@H]1O[C@@H]1O[C@H](CO)[C@@H](O)[C@H](O)[C@H]1O. The highest BCUT2D eigenvalue weighted by atomic mass is 16.7. The number of aliphatic hydroxyl groups excluding tert-OH is 6. The van der Waals surface area contributed by atoms with E-state index in [0.29, 0.717) is 37.2 Å². The average Bonchev–Trinajstić information content (AvgIpc) is 3.61. The number of fused-ring (bicyclic) bond motifs is 5. The van der Waals surface area contributed by atoms with Gasteiger partial charge in [-0.2, -0.15) is 0 Å². The molecule has 2 saturated heterocycles. The number of hydrogen-bond acceptors (Lipinski definition) is 14. The van der Waals surface area contributed by atoms with Gasteiger partial charge in [-0.25, -0.2) is 4.79 Å². The molecule has 0 radical (unpaired) electrons. The monoisotopic (exact) mass is 698 g/mol. The van der Waals surface area contributed by atoms with E-state index in [4.69, 9.17) is 23.7 Å². The number of carbonyl (C=O) groups is 1. The van der Waals surface area contributed by atoms with Crippen LogP contribution >= 0.6 is 0 Å². The molecule has 18 atom stereocenters. The molecule has 3 aliphatic heterocycles. The van der Waals surface area contributed by atoms with Crippen molar-refractivity contribution in [2.24, 2.45) is 28.6 Å². The van der Waals surface area contributed by atoms with Crippen LogP contribution in [0.15, 0.2) is 11.6 Å². The van der Waals surface area contributed by atoms with Crippen LogP contribution in [0.5, 0.6) is 0 Å². The third-order valence-electron chi connectivity index (χ3n) is 14.4. The molecular formula is C35H54O14. The topological polar surface area (TPSA) is 225 Å². The second-order valence-corrected chi connectivity index (χ2v) is 16.4. The number of aliphatic hydroxyl groups is 8. The zero-order chi connectivity index (χ0) is 35.3. The molecule has 0 aromatic carbocycles. The number of esters is 1. The molecule has 0 aromatic heterocycles. The first kappa shape index (κ1) is 36.1. The molecule has 6 fully saturated rings. The van der Waals surface area contributed by atoms with Crippen molar-refractivity contribution in [2.75, 3.05) is 13.2 Å². The summed E-state index contributed by atoms with van der Waals surface area (Å²) >= 11 is 0. The molecule has 14 nitrogen and oxygen atoms in total. The van der Waals surface area contributed by atoms with Crippen molar-refractivity contribution in [1.82, 2.24) is 0 Å². The zero-order valence-electron chi connectivity index (χ0n) is 28.5. The van der Waals surface area contributed by atoms with E-state index in [1.54, 1.807) is 6.92 Å². The van der Waals surface area contributed by atoms with Crippen LogP contribution in [0.4, 0.5) is 0 Å². The van der Waals surface area contributed by atoms with Gasteiger partial charge in [0.1, 0.15) is 49.3 Å². The average molecular weight is 699 g/mol. The molecule has 7 aliphatic rings. The Morgan fingerprint density at radius 3 is 2.22 bits per heavy atom. The molecule has 8 N–H and O–H groups in total. The van der Waals surface area contributed by atoms with Gasteiger partial charge in [-0.05, 0) is 87.9 Å². The normalized spacial score (nSPS) is 56.0. The van der Waals surface area contributed by atoms with Crippen LogP contribution in [0.25, 0.3) is 0 Å². The van der Waals surface area contributed by atoms with Crippen molar-refractivity contribution in [3.05, 3.63) is 11.6 Å². The highest BCUT2D eigenvalue weighted by molar-refractivity contribution is 5.86. The molecule has 4 aliphatic carbocycles. The Balaban J connectivity index is 0.988. The standard InChI is InChI=1S/C35H54O14/c1-16-29(49-31-27(41)25(39)24(38)22(14-36)48-31)26(40)28(42)30(46-16)47-19-6-8-32(2)17(12-19)4-5-21-20(32)7-9-33(3)34(43,10-11-35(21,33)44)18-13-23(37)45-15-18/h13,16-17,19-22,24-31,36,38-44H,4-12,14-15H2,1-3H3/t16-,17+,19+,20+,21-,22-,24-,25+,26+,27-,28-,29-,30+,31+,32+,33-,34-,35+/m1/s1. The van der Waals surface area contributed by atoms with Crippen LogP contribution in [0.2, 0.25) is 0 Å². The van der Waals surface area contributed by atoms with E-state index in [9.17, 15) is 45.6 Å². The van der Waals surface area contributed by atoms with Gasteiger partial charge < -0.3 is 64.5 Å². The Labute approximate surface area is 285 Å². The quantitative estimate of drug-likeness (QED) is 0.128. The Morgan fingerprint density at radius 1 is 0.816 bits per heavy atom. The van der Waals surface area contributed by atoms with Crippen LogP contribution in [-0.4, -0.2) is 139 Å². The molecule has 278 valence electrons. The molecule has 4 saturated carbocycles. The summed E-state index contributed by atoms with van der Waals surface area (Å²) in [6, 6.07) is 0. The first-order chi connectivity index (χ1) is 23.1. The minimum Gasteiger partial charge on any atom is -0.458 e. The Bertz CT molecular complexity index is 1290. The fraction of sp³-hybridized carbons (Fsp3) is 0.914. The minimum atomic E-state index is -1.67. The van der Waals surface area contributed by atoms with Crippen LogP contribution in [0, 0.1) is 28.6 Å². The van der Waals surface area contributed by atoms with E-state index in [-0.39, 0.29) is 30.0 Å². The van der Waals surface area contributed by atoms with Gasteiger partial charge in [-0.1, -0.05) is 13.8 Å². The lowest BCUT2D eigenvalue weighted by Gasteiger charge is -2.64. The third kappa shape index (κ3) is 5.39. The van der Waals surface area contributed by atoms with Gasteiger partial charge in [0.05, 0.1) is 30.0 Å². The van der Waals surface area contributed by atoms with Gasteiger partial charge in [0.25, 0.3) is 0 Å². The van der Waals surface area contributed by atoms with E-state index < -0.39 is 90.6 Å². The van der Waals surface area contributed by atoms with Crippen molar-refractivity contribution < 1.29 is 69.3 Å². The summed E-state index contributed by atoms with van der Waals surface area (Å²) in [5, 5.41) is 86.7. The number of rotatable bonds is 6. The number of hydrogen-bond donors (Lipinski definition) is 8. The molecule has 0 amide bonds. The molecule has 0 aromatic rings. The summed E-state index contributed by atoms with van der Waals surface area (Å²) in [4.78, 5) is 11.9. The molecule has 3 heterocycles. The summed E-state index contributed by atoms with van der Waals surface area (Å²) in [6.45, 7) is 5.37. The van der Waals surface area contributed by atoms with Crippen molar-refractivity contribution in [3.63, 3.8) is 0 Å². The van der Waals surface area contributed by atoms with Crippen LogP contribution < -0.4 is 0 Å². The fourth-order valence-corrected chi connectivity index (χ4v) is 11.3. The molecule has 0 unspecified atom stereocenters. The van der Waals surface area contributed by atoms with Gasteiger partial charge >= 0.3 is 5.97 Å². The van der Waals surface area contributed by atoms with E-state index in [2.05, 4.69) is 6.92 Å². The number of cyclic esters (lactones) is 1. The Morgan fingerprint density at radius 2 is 1.53 bits per heavy atom. The predicted octanol–water partition coefficient (Wildman–Crippen LogP) is -0.605. The van der Waals surface area contributed by atoms with E-state index in [1.807, 2.05) is 6.92 Å². The maximum absolute atomic E-state index is 12.5. The first-order valence-corrected chi connectivity index (χ1v) is 18.0. The fourth-order valence-electron chi connectivity index (χ4n) is 11.3. The third-order valence-corrected chi connectivity index (χ3v) is 14.4. The van der Waals surface area contributed by atoms with Crippen LogP contribution in [0.1, 0.15) is 78.6 Å². The molecule has 7 rings (SSSR count). The second kappa shape index (κ2) is 12.7. The summed E-state index contributed by atoms with van der Waals surface area (Å²) in [6.07, 6.45) is -6.18. The van der Waals surface area contributed by atoms with E-state index in [0.717, 1.165) is 32.1 Å². The minimum absolute atomic E-state index is 0.0118. The lowest BCUT2D eigenvalue weighted by atomic mass is 9.42. The molecule has 0 spiro atoms. The first-order valence-electron chi connectivity index (χ1n) is 18.0. The highest BCUT2D eigenvalue weighted by Crippen LogP contribution is 2.71. The highest BCUT2D eigenvalue weighted by Gasteiger charge is 2.72. The Kier molecular flexibility index (Phi) is 9.36. The van der Waals surface area contributed by atoms with Crippen molar-refractivity contribution >= 4 is 5.97 Å². The largest absolute Gasteiger partial charge is 0.458 e. The van der Waals surface area contributed by atoms with E-state index in [1.165, 1.54) is 6.08 Å². The number of carbonyl (C=O) groups excluding carboxylic acids is 1. The van der Waals surface area contributed by atoms with Crippen molar-refractivity contribution in [1.29, 1.82) is 0 Å². The van der Waals surface area contributed by atoms with Crippen LogP contribution in [0.3, 0.4) is 0 Å². The van der Waals surface area contributed by atoms with Crippen molar-refractivity contribution in [3.8, 4) is 0 Å². The molecule has 14 heteroatoms. The van der Waals surface area contributed by atoms with Gasteiger partial charge in [0, 0.05) is 17.1 Å². The maximum atomic E-state index is 12.5. The van der Waals surface area contributed by atoms with Gasteiger partial charge in [-0.3, -0.25) is 0 Å². The van der Waals surface area contributed by atoms with Gasteiger partial charge in [-0.15, -0.1) is 0 Å². The zero-order valence-corrected chi connectivity index (χ0v) is 28.5. The summed E-state index contributed by atoms with van der Waals surface area (Å²) in [5.41, 5.74) is -2.64. The van der Waals surface area contributed by atoms with Gasteiger partial charge in [0.2, 0.25) is 0 Å². The second-order valence-electron chi connectivity index (χ2n) is 16.4. The smallest absolute Gasteiger partial charge is 0.331 e. The van der Waals surface area contributed by atoms with Crippen molar-refractivity contribution in [2.45, 2.75) is 157 Å². The van der Waals surface area contributed by atoms with E-state index >= 15 is 0 Å².